The van der Waals surface area contributed by atoms with Crippen molar-refractivity contribution in [3.63, 3.8) is 0 Å². The van der Waals surface area contributed by atoms with Gasteiger partial charge in [-0.3, -0.25) is 9.67 Å². The number of hydrogen-bond donors (Lipinski definition) is 0. The van der Waals surface area contributed by atoms with Gasteiger partial charge >= 0.3 is 0 Å². The van der Waals surface area contributed by atoms with E-state index in [9.17, 15) is 14.0 Å². The zero-order chi connectivity index (χ0) is 17.6. The summed E-state index contributed by atoms with van der Waals surface area (Å²) in [5.74, 6) is -2.95. The Balaban J connectivity index is 1.92. The third-order valence-corrected chi connectivity index (χ3v) is 5.33. The summed E-state index contributed by atoms with van der Waals surface area (Å²) in [7, 11) is 1.84. The fourth-order valence-corrected chi connectivity index (χ4v) is 4.07. The smallest absolute Gasteiger partial charge is 0.249 e. The van der Waals surface area contributed by atoms with Crippen molar-refractivity contribution in [3.05, 3.63) is 34.9 Å². The van der Waals surface area contributed by atoms with E-state index in [2.05, 4.69) is 11.2 Å². The van der Waals surface area contributed by atoms with Crippen molar-refractivity contribution < 1.29 is 8.78 Å². The number of alkyl halides is 2. The molecule has 0 radical (unpaired) electrons. The van der Waals surface area contributed by atoms with E-state index >= 15 is 0 Å². The third kappa shape index (κ3) is 2.82. The second-order valence-electron chi connectivity index (χ2n) is 7.21. The highest BCUT2D eigenvalue weighted by molar-refractivity contribution is 5.75. The largest absolute Gasteiger partial charge is 0.275 e. The van der Waals surface area contributed by atoms with Crippen LogP contribution in [0.15, 0.2) is 12.4 Å². The van der Waals surface area contributed by atoms with Gasteiger partial charge < -0.3 is 0 Å². The quantitative estimate of drug-likeness (QED) is 0.771. The van der Waals surface area contributed by atoms with Gasteiger partial charge in [-0.15, -0.1) is 0 Å². The maximum atomic E-state index is 13.4. The number of nitriles is 1. The lowest BCUT2D eigenvalue weighted by Crippen LogP contribution is -2.35. The molecule has 1 saturated carbocycles. The molecule has 2 aliphatic carbocycles. The molecule has 4 rings (SSSR count). The van der Waals surface area contributed by atoms with Gasteiger partial charge in [0, 0.05) is 48.8 Å². The van der Waals surface area contributed by atoms with Gasteiger partial charge in [0.15, 0.2) is 0 Å². The van der Waals surface area contributed by atoms with Crippen molar-refractivity contribution in [2.24, 2.45) is 7.05 Å². The van der Waals surface area contributed by atoms with Crippen LogP contribution in [0.1, 0.15) is 60.5 Å². The minimum Gasteiger partial charge on any atom is -0.275 e. The zero-order valence-corrected chi connectivity index (χ0v) is 14.2. The van der Waals surface area contributed by atoms with Crippen LogP contribution >= 0.6 is 0 Å². The van der Waals surface area contributed by atoms with Gasteiger partial charge in [0.25, 0.3) is 0 Å². The third-order valence-electron chi connectivity index (χ3n) is 5.33. The number of fused-ring (bicyclic) bond motifs is 1. The molecule has 0 spiro atoms. The van der Waals surface area contributed by atoms with Crippen LogP contribution in [0.5, 0.6) is 0 Å². The van der Waals surface area contributed by atoms with E-state index in [0.29, 0.717) is 11.3 Å². The van der Waals surface area contributed by atoms with Crippen LogP contribution in [-0.2, 0) is 19.9 Å². The molecule has 0 unspecified atom stereocenters. The molecule has 0 amide bonds. The highest BCUT2D eigenvalue weighted by Crippen LogP contribution is 2.50. The molecule has 0 atom stereocenters. The van der Waals surface area contributed by atoms with Crippen molar-refractivity contribution in [3.8, 4) is 17.2 Å². The van der Waals surface area contributed by atoms with E-state index in [1.165, 1.54) is 0 Å². The molecule has 2 aliphatic rings. The van der Waals surface area contributed by atoms with Crippen molar-refractivity contribution >= 4 is 0 Å². The summed E-state index contributed by atoms with van der Waals surface area (Å²) in [5.41, 5.74) is 4.87. The van der Waals surface area contributed by atoms with Crippen molar-refractivity contribution in [2.45, 2.75) is 56.8 Å². The van der Waals surface area contributed by atoms with Crippen LogP contribution < -0.4 is 0 Å². The molecule has 2 aromatic heterocycles. The molecular weight excluding hydrogens is 322 g/mol. The molecule has 0 saturated heterocycles. The number of aromatic nitrogens is 3. The zero-order valence-electron chi connectivity index (χ0n) is 14.2. The van der Waals surface area contributed by atoms with E-state index in [1.54, 1.807) is 10.9 Å². The molecule has 6 heteroatoms. The standard InChI is InChI=1S/C19H20F2N4/c1-25-11-13(10-23-25)17-14-5-3-2-4-6-16(14)24-18(15(17)9-22)12-7-19(20,21)8-12/h10-12H,2-8H2,1H3. The maximum Gasteiger partial charge on any atom is 0.249 e. The molecule has 130 valence electrons. The number of rotatable bonds is 2. The molecule has 0 N–H and O–H groups in total. The highest BCUT2D eigenvalue weighted by Gasteiger charge is 2.48. The first kappa shape index (κ1) is 16.2. The maximum absolute atomic E-state index is 13.4. The van der Waals surface area contributed by atoms with Crippen LogP contribution in [0.3, 0.4) is 0 Å². The van der Waals surface area contributed by atoms with Crippen LogP contribution in [0.4, 0.5) is 8.78 Å². The van der Waals surface area contributed by atoms with Crippen molar-refractivity contribution in [2.75, 3.05) is 0 Å². The Bertz CT molecular complexity index is 855. The number of hydrogen-bond acceptors (Lipinski definition) is 3. The summed E-state index contributed by atoms with van der Waals surface area (Å²) in [6.07, 6.45) is 8.20. The first-order chi connectivity index (χ1) is 12.0. The van der Waals surface area contributed by atoms with Crippen molar-refractivity contribution in [1.82, 2.24) is 14.8 Å². The average Bonchev–Trinajstić information content (AvgIpc) is 2.84. The summed E-state index contributed by atoms with van der Waals surface area (Å²) < 4.78 is 28.5. The monoisotopic (exact) mass is 342 g/mol. The van der Waals surface area contributed by atoms with Gasteiger partial charge in [-0.1, -0.05) is 6.42 Å². The van der Waals surface area contributed by atoms with Crippen LogP contribution in [0.25, 0.3) is 11.1 Å². The van der Waals surface area contributed by atoms with E-state index < -0.39 is 5.92 Å². The van der Waals surface area contributed by atoms with Crippen molar-refractivity contribution in [1.29, 1.82) is 5.26 Å². The lowest BCUT2D eigenvalue weighted by atomic mass is 9.76. The first-order valence-electron chi connectivity index (χ1n) is 8.81. The predicted molar refractivity (Wildman–Crippen MR) is 89.3 cm³/mol. The Morgan fingerprint density at radius 1 is 1.24 bits per heavy atom. The number of aryl methyl sites for hydroxylation is 2. The van der Waals surface area contributed by atoms with Crippen LogP contribution in [0, 0.1) is 11.3 Å². The molecule has 0 aromatic carbocycles. The normalized spacial score (nSPS) is 19.6. The Hall–Kier alpha value is -2.29. The molecule has 0 bridgehead atoms. The lowest BCUT2D eigenvalue weighted by Gasteiger charge is -2.35. The fraction of sp³-hybridized carbons (Fsp3) is 0.526. The molecule has 2 heterocycles. The Labute approximate surface area is 145 Å². The molecule has 2 aromatic rings. The van der Waals surface area contributed by atoms with Gasteiger partial charge in [0.2, 0.25) is 5.92 Å². The Morgan fingerprint density at radius 3 is 2.64 bits per heavy atom. The first-order valence-corrected chi connectivity index (χ1v) is 8.81. The molecular formula is C19H20F2N4. The molecule has 0 aliphatic heterocycles. The summed E-state index contributed by atoms with van der Waals surface area (Å²) in [4.78, 5) is 4.74. The molecule has 1 fully saturated rings. The Morgan fingerprint density at radius 2 is 2.00 bits per heavy atom. The topological polar surface area (TPSA) is 54.5 Å². The van der Waals surface area contributed by atoms with Crippen LogP contribution in [0.2, 0.25) is 0 Å². The van der Waals surface area contributed by atoms with Gasteiger partial charge in [-0.05, 0) is 31.2 Å². The summed E-state index contributed by atoms with van der Waals surface area (Å²) >= 11 is 0. The summed E-state index contributed by atoms with van der Waals surface area (Å²) in [5, 5.41) is 14.1. The van der Waals surface area contributed by atoms with E-state index in [-0.39, 0.29) is 18.8 Å². The van der Waals surface area contributed by atoms with Crippen LogP contribution in [-0.4, -0.2) is 20.7 Å². The van der Waals surface area contributed by atoms with Gasteiger partial charge in [-0.2, -0.15) is 10.4 Å². The minimum absolute atomic E-state index is 0.208. The van der Waals surface area contributed by atoms with E-state index in [0.717, 1.165) is 54.5 Å². The summed E-state index contributed by atoms with van der Waals surface area (Å²) in [6, 6.07) is 2.27. The number of halogens is 2. The average molecular weight is 342 g/mol. The molecule has 25 heavy (non-hydrogen) atoms. The number of nitrogens with zero attached hydrogens (tertiary/aromatic N) is 4. The molecule has 4 nitrogen and oxygen atoms in total. The fourth-order valence-electron chi connectivity index (χ4n) is 4.07. The highest BCUT2D eigenvalue weighted by atomic mass is 19.3. The lowest BCUT2D eigenvalue weighted by molar-refractivity contribution is -0.0876. The van der Waals surface area contributed by atoms with E-state index in [1.807, 2.05) is 13.2 Å². The van der Waals surface area contributed by atoms with Gasteiger partial charge in [-0.25, -0.2) is 8.78 Å². The predicted octanol–water partition coefficient (Wildman–Crippen LogP) is 4.14. The summed E-state index contributed by atoms with van der Waals surface area (Å²) in [6.45, 7) is 0. The second kappa shape index (κ2) is 5.91. The number of pyridine rings is 1. The van der Waals surface area contributed by atoms with E-state index in [4.69, 9.17) is 4.98 Å². The van der Waals surface area contributed by atoms with Gasteiger partial charge in [0.05, 0.1) is 17.5 Å². The Kier molecular flexibility index (Phi) is 3.82. The second-order valence-corrected chi connectivity index (χ2v) is 7.21. The minimum atomic E-state index is -2.62. The SMILES string of the molecule is Cn1cc(-c2c(C#N)c(C3CC(F)(F)C3)nc3c2CCCCC3)cn1. The van der Waals surface area contributed by atoms with Gasteiger partial charge in [0.1, 0.15) is 6.07 Å².